The van der Waals surface area contributed by atoms with Gasteiger partial charge in [-0.15, -0.1) is 0 Å². The lowest BCUT2D eigenvalue weighted by Crippen LogP contribution is -2.43. The molecule has 1 saturated carbocycles. The fourth-order valence-electron chi connectivity index (χ4n) is 2.67. The first-order chi connectivity index (χ1) is 8.99. The van der Waals surface area contributed by atoms with Crippen molar-refractivity contribution in [2.24, 2.45) is 11.8 Å². The van der Waals surface area contributed by atoms with Crippen LogP contribution in [0.2, 0.25) is 10.0 Å². The number of carbonyl (C=O) groups excluding carboxylic acids is 1. The Balaban J connectivity index is 2.06. The Morgan fingerprint density at radius 2 is 1.95 bits per heavy atom. The van der Waals surface area contributed by atoms with Crippen LogP contribution in [0.3, 0.4) is 0 Å². The number of nitrogens with one attached hydrogen (secondary N) is 1. The summed E-state index contributed by atoms with van der Waals surface area (Å²) in [7, 11) is 0. The van der Waals surface area contributed by atoms with E-state index in [0.717, 1.165) is 6.42 Å². The highest BCUT2D eigenvalue weighted by atomic mass is 35.5. The van der Waals surface area contributed by atoms with E-state index in [1.807, 2.05) is 0 Å². The van der Waals surface area contributed by atoms with Gasteiger partial charge in [-0.25, -0.2) is 0 Å². The van der Waals surface area contributed by atoms with Gasteiger partial charge in [-0.05, 0) is 36.5 Å². The molecule has 3 unspecified atom stereocenters. The van der Waals surface area contributed by atoms with Crippen LogP contribution >= 0.6 is 23.2 Å². The fourth-order valence-corrected chi connectivity index (χ4v) is 2.97. The predicted octanol–water partition coefficient (Wildman–Crippen LogP) is 4.55. The van der Waals surface area contributed by atoms with Gasteiger partial charge in [-0.1, -0.05) is 49.9 Å². The number of hydrogen-bond acceptors (Lipinski definition) is 1. The monoisotopic (exact) mass is 299 g/mol. The quantitative estimate of drug-likeness (QED) is 0.853. The second kappa shape index (κ2) is 6.15. The van der Waals surface area contributed by atoms with Gasteiger partial charge in [0.15, 0.2) is 0 Å². The minimum atomic E-state index is -0.0653. The molecule has 0 saturated heterocycles. The van der Waals surface area contributed by atoms with Crippen LogP contribution in [-0.4, -0.2) is 11.9 Å². The first-order valence-corrected chi connectivity index (χ1v) is 7.50. The first kappa shape index (κ1) is 14.7. The number of rotatable bonds is 2. The van der Waals surface area contributed by atoms with Crippen LogP contribution in [0.5, 0.6) is 0 Å². The van der Waals surface area contributed by atoms with Gasteiger partial charge in [-0.3, -0.25) is 4.79 Å². The van der Waals surface area contributed by atoms with Gasteiger partial charge in [0, 0.05) is 11.6 Å². The highest BCUT2D eigenvalue weighted by Gasteiger charge is 2.28. The molecule has 1 amide bonds. The molecule has 2 nitrogen and oxygen atoms in total. The van der Waals surface area contributed by atoms with E-state index in [2.05, 4.69) is 19.2 Å². The molecule has 0 bridgehead atoms. The van der Waals surface area contributed by atoms with Crippen LogP contribution in [0, 0.1) is 11.8 Å². The lowest BCUT2D eigenvalue weighted by molar-refractivity contribution is 0.0891. The maximum Gasteiger partial charge on any atom is 0.251 e. The Hall–Kier alpha value is -0.730. The van der Waals surface area contributed by atoms with Gasteiger partial charge in [0.2, 0.25) is 0 Å². The molecule has 0 aromatic heterocycles. The number of carbonyl (C=O) groups is 1. The highest BCUT2D eigenvalue weighted by molar-refractivity contribution is 6.42. The molecule has 0 aliphatic heterocycles. The van der Waals surface area contributed by atoms with Gasteiger partial charge >= 0.3 is 0 Å². The third kappa shape index (κ3) is 3.43. The molecule has 19 heavy (non-hydrogen) atoms. The number of benzene rings is 1. The van der Waals surface area contributed by atoms with Gasteiger partial charge in [-0.2, -0.15) is 0 Å². The third-order valence-corrected chi connectivity index (χ3v) is 4.94. The molecule has 1 fully saturated rings. The second-order valence-corrected chi connectivity index (χ2v) is 6.29. The zero-order valence-corrected chi connectivity index (χ0v) is 12.8. The molecule has 104 valence electrons. The van der Waals surface area contributed by atoms with Crippen LogP contribution < -0.4 is 5.32 Å². The molecule has 1 aliphatic rings. The summed E-state index contributed by atoms with van der Waals surface area (Å²) in [5.74, 6) is 1.11. The first-order valence-electron chi connectivity index (χ1n) is 6.75. The van der Waals surface area contributed by atoms with Gasteiger partial charge in [0.1, 0.15) is 0 Å². The molecule has 1 aromatic carbocycles. The van der Waals surface area contributed by atoms with Crippen molar-refractivity contribution >= 4 is 29.1 Å². The maximum absolute atomic E-state index is 12.2. The van der Waals surface area contributed by atoms with E-state index in [1.165, 1.54) is 12.8 Å². The van der Waals surface area contributed by atoms with Crippen molar-refractivity contribution in [2.45, 2.75) is 39.2 Å². The largest absolute Gasteiger partial charge is 0.349 e. The molecule has 0 radical (unpaired) electrons. The van der Waals surface area contributed by atoms with Crippen LogP contribution in [-0.2, 0) is 0 Å². The smallest absolute Gasteiger partial charge is 0.251 e. The minimum Gasteiger partial charge on any atom is -0.349 e. The fraction of sp³-hybridized carbons (Fsp3) is 0.533. The molecule has 2 rings (SSSR count). The van der Waals surface area contributed by atoms with Crippen molar-refractivity contribution in [3.63, 3.8) is 0 Å². The lowest BCUT2D eigenvalue weighted by atomic mass is 9.78. The molecule has 1 N–H and O–H groups in total. The standard InChI is InChI=1S/C15H19Cl2NO/c1-9-4-3-5-14(10(9)2)18-15(19)11-6-7-12(16)13(17)8-11/h6-10,14H,3-5H2,1-2H3,(H,18,19). The van der Waals surface area contributed by atoms with Crippen molar-refractivity contribution in [3.8, 4) is 0 Å². The summed E-state index contributed by atoms with van der Waals surface area (Å²) in [4.78, 5) is 12.2. The van der Waals surface area contributed by atoms with Crippen molar-refractivity contribution in [2.75, 3.05) is 0 Å². The zero-order chi connectivity index (χ0) is 14.0. The molecule has 0 spiro atoms. The summed E-state index contributed by atoms with van der Waals surface area (Å²) >= 11 is 11.8. The third-order valence-electron chi connectivity index (χ3n) is 4.21. The molecule has 4 heteroatoms. The van der Waals surface area contributed by atoms with Crippen molar-refractivity contribution < 1.29 is 4.79 Å². The lowest BCUT2D eigenvalue weighted by Gasteiger charge is -2.34. The van der Waals surface area contributed by atoms with Crippen LogP contribution in [0.4, 0.5) is 0 Å². The summed E-state index contributed by atoms with van der Waals surface area (Å²) < 4.78 is 0. The average molecular weight is 300 g/mol. The average Bonchev–Trinajstić information content (AvgIpc) is 2.38. The van der Waals surface area contributed by atoms with E-state index in [0.29, 0.717) is 27.4 Å². The van der Waals surface area contributed by atoms with E-state index in [-0.39, 0.29) is 11.9 Å². The van der Waals surface area contributed by atoms with Gasteiger partial charge in [0.25, 0.3) is 5.91 Å². The van der Waals surface area contributed by atoms with Crippen molar-refractivity contribution in [3.05, 3.63) is 33.8 Å². The normalized spacial score (nSPS) is 27.1. The Morgan fingerprint density at radius 3 is 2.63 bits per heavy atom. The van der Waals surface area contributed by atoms with E-state index in [1.54, 1.807) is 18.2 Å². The maximum atomic E-state index is 12.2. The number of hydrogen-bond donors (Lipinski definition) is 1. The Morgan fingerprint density at radius 1 is 1.21 bits per heavy atom. The summed E-state index contributed by atoms with van der Waals surface area (Å²) in [6.07, 6.45) is 3.48. The van der Waals surface area contributed by atoms with E-state index >= 15 is 0 Å². The molecular formula is C15H19Cl2NO. The molecule has 1 aliphatic carbocycles. The minimum absolute atomic E-state index is 0.0653. The Bertz CT molecular complexity index is 475. The van der Waals surface area contributed by atoms with Crippen LogP contribution in [0.1, 0.15) is 43.5 Å². The van der Waals surface area contributed by atoms with Crippen molar-refractivity contribution in [1.82, 2.24) is 5.32 Å². The van der Waals surface area contributed by atoms with E-state index < -0.39 is 0 Å². The predicted molar refractivity (Wildman–Crippen MR) is 79.9 cm³/mol. The molecular weight excluding hydrogens is 281 g/mol. The van der Waals surface area contributed by atoms with Crippen molar-refractivity contribution in [1.29, 1.82) is 0 Å². The molecule has 3 atom stereocenters. The van der Waals surface area contributed by atoms with Crippen LogP contribution in [0.15, 0.2) is 18.2 Å². The second-order valence-electron chi connectivity index (χ2n) is 5.48. The van der Waals surface area contributed by atoms with E-state index in [4.69, 9.17) is 23.2 Å². The SMILES string of the molecule is CC1CCCC(NC(=O)c2ccc(Cl)c(Cl)c2)C1C. The number of amides is 1. The molecule has 1 aromatic rings. The molecule has 0 heterocycles. The summed E-state index contributed by atoms with van der Waals surface area (Å²) in [6.45, 7) is 4.46. The summed E-state index contributed by atoms with van der Waals surface area (Å²) in [6, 6.07) is 5.24. The summed E-state index contributed by atoms with van der Waals surface area (Å²) in [5.41, 5.74) is 0.569. The number of halogens is 2. The van der Waals surface area contributed by atoms with E-state index in [9.17, 15) is 4.79 Å². The highest BCUT2D eigenvalue weighted by Crippen LogP contribution is 2.30. The summed E-state index contributed by atoms with van der Waals surface area (Å²) in [5, 5.41) is 4.01. The van der Waals surface area contributed by atoms with Gasteiger partial charge in [0.05, 0.1) is 10.0 Å². The Labute approximate surface area is 124 Å². The van der Waals surface area contributed by atoms with Gasteiger partial charge < -0.3 is 5.32 Å². The topological polar surface area (TPSA) is 29.1 Å². The Kier molecular flexibility index (Phi) is 4.75. The van der Waals surface area contributed by atoms with Crippen LogP contribution in [0.25, 0.3) is 0 Å². The zero-order valence-electron chi connectivity index (χ0n) is 11.2.